The summed E-state index contributed by atoms with van der Waals surface area (Å²) in [5.41, 5.74) is 2.18. The van der Waals surface area contributed by atoms with Crippen molar-refractivity contribution in [3.8, 4) is 11.5 Å². The molecular weight excluding hydrogens is 418 g/mol. The van der Waals surface area contributed by atoms with Crippen molar-refractivity contribution in [3.05, 3.63) is 52.0 Å². The van der Waals surface area contributed by atoms with Crippen LogP contribution in [-0.2, 0) is 10.0 Å². The van der Waals surface area contributed by atoms with E-state index in [0.717, 1.165) is 24.0 Å². The van der Waals surface area contributed by atoms with Crippen molar-refractivity contribution in [3.63, 3.8) is 0 Å². The molecular formula is C19H22BrNO4S. The predicted molar refractivity (Wildman–Crippen MR) is 104 cm³/mol. The van der Waals surface area contributed by atoms with Gasteiger partial charge in [-0.05, 0) is 47.3 Å². The summed E-state index contributed by atoms with van der Waals surface area (Å²) in [5.74, 6) is 0.871. The molecule has 0 bridgehead atoms. The van der Waals surface area contributed by atoms with E-state index in [1.54, 1.807) is 10.4 Å². The van der Waals surface area contributed by atoms with Gasteiger partial charge in [-0.1, -0.05) is 29.8 Å². The van der Waals surface area contributed by atoms with Gasteiger partial charge in [0.15, 0.2) is 11.5 Å². The summed E-state index contributed by atoms with van der Waals surface area (Å²) in [6.07, 6.45) is 1.65. The van der Waals surface area contributed by atoms with Crippen LogP contribution in [0.2, 0.25) is 0 Å². The van der Waals surface area contributed by atoms with E-state index in [0.29, 0.717) is 22.5 Å². The first-order valence-corrected chi connectivity index (χ1v) is 10.6. The number of hydrogen-bond acceptors (Lipinski definition) is 4. The maximum atomic E-state index is 13.4. The number of nitrogens with zero attached hydrogens (tertiary/aromatic N) is 1. The second-order valence-corrected chi connectivity index (χ2v) is 9.04. The van der Waals surface area contributed by atoms with Gasteiger partial charge in [0.05, 0.1) is 20.3 Å². The van der Waals surface area contributed by atoms with Gasteiger partial charge in [-0.25, -0.2) is 8.42 Å². The molecule has 3 rings (SSSR count). The number of halogens is 1. The Morgan fingerprint density at radius 3 is 2.31 bits per heavy atom. The zero-order chi connectivity index (χ0) is 18.9. The molecule has 1 atom stereocenters. The average molecular weight is 440 g/mol. The largest absolute Gasteiger partial charge is 0.493 e. The smallest absolute Gasteiger partial charge is 0.244 e. The maximum absolute atomic E-state index is 13.4. The molecule has 1 aliphatic heterocycles. The summed E-state index contributed by atoms with van der Waals surface area (Å²) in [6.45, 7) is 2.52. The van der Waals surface area contributed by atoms with Crippen LogP contribution in [0.1, 0.15) is 30.0 Å². The molecule has 0 unspecified atom stereocenters. The van der Waals surface area contributed by atoms with E-state index in [-0.39, 0.29) is 10.9 Å². The molecule has 0 spiro atoms. The molecule has 0 aromatic heterocycles. The molecule has 1 aliphatic rings. The van der Waals surface area contributed by atoms with Crippen LogP contribution in [0.15, 0.2) is 45.8 Å². The fourth-order valence-electron chi connectivity index (χ4n) is 3.31. The minimum absolute atomic E-state index is 0.152. The van der Waals surface area contributed by atoms with Crippen molar-refractivity contribution in [2.75, 3.05) is 20.8 Å². The SMILES string of the molecule is COc1cc(Br)c(S(=O)(=O)N2CCC[C@H]2c2ccc(C)cc2)cc1OC. The number of sulfonamides is 1. The Hall–Kier alpha value is -1.57. The molecule has 140 valence electrons. The van der Waals surface area contributed by atoms with E-state index >= 15 is 0 Å². The van der Waals surface area contributed by atoms with Crippen LogP contribution in [0.25, 0.3) is 0 Å². The molecule has 0 aliphatic carbocycles. The standard InChI is InChI=1S/C19H22BrNO4S/c1-13-6-8-14(9-7-13)16-5-4-10-21(16)26(22,23)19-12-18(25-3)17(24-2)11-15(19)20/h6-9,11-12,16H,4-5,10H2,1-3H3/t16-/m0/s1. The van der Waals surface area contributed by atoms with Crippen molar-refractivity contribution in [1.82, 2.24) is 4.31 Å². The van der Waals surface area contributed by atoms with Gasteiger partial charge in [-0.3, -0.25) is 0 Å². The molecule has 1 heterocycles. The lowest BCUT2D eigenvalue weighted by Gasteiger charge is -2.25. The van der Waals surface area contributed by atoms with Crippen LogP contribution < -0.4 is 9.47 Å². The third-order valence-electron chi connectivity index (χ3n) is 4.69. The molecule has 1 fully saturated rings. The fraction of sp³-hybridized carbons (Fsp3) is 0.368. The van der Waals surface area contributed by atoms with Crippen molar-refractivity contribution >= 4 is 26.0 Å². The third kappa shape index (κ3) is 3.48. The molecule has 0 amide bonds. The highest BCUT2D eigenvalue weighted by Gasteiger charge is 2.37. The second-order valence-electron chi connectivity index (χ2n) is 6.32. The summed E-state index contributed by atoms with van der Waals surface area (Å²) in [4.78, 5) is 0.189. The van der Waals surface area contributed by atoms with Gasteiger partial charge < -0.3 is 9.47 Å². The lowest BCUT2D eigenvalue weighted by molar-refractivity contribution is 0.352. The van der Waals surface area contributed by atoms with Gasteiger partial charge in [-0.15, -0.1) is 0 Å². The Labute approximate surface area is 163 Å². The summed E-state index contributed by atoms with van der Waals surface area (Å²) >= 11 is 3.38. The topological polar surface area (TPSA) is 55.8 Å². The quantitative estimate of drug-likeness (QED) is 0.696. The number of hydrogen-bond donors (Lipinski definition) is 0. The number of methoxy groups -OCH3 is 2. The highest BCUT2D eigenvalue weighted by atomic mass is 79.9. The predicted octanol–water partition coefficient (Wildman–Crippen LogP) is 4.30. The highest BCUT2D eigenvalue weighted by molar-refractivity contribution is 9.10. The summed E-state index contributed by atoms with van der Waals surface area (Å²) in [7, 11) is -0.670. The third-order valence-corrected chi connectivity index (χ3v) is 7.56. The average Bonchev–Trinajstić information content (AvgIpc) is 3.12. The van der Waals surface area contributed by atoms with Crippen molar-refractivity contribution < 1.29 is 17.9 Å². The van der Waals surface area contributed by atoms with Crippen molar-refractivity contribution in [2.45, 2.75) is 30.7 Å². The molecule has 2 aromatic carbocycles. The molecule has 0 radical (unpaired) electrons. The maximum Gasteiger partial charge on any atom is 0.244 e. The number of benzene rings is 2. The van der Waals surface area contributed by atoms with E-state index in [2.05, 4.69) is 15.9 Å². The molecule has 0 N–H and O–H groups in total. The van der Waals surface area contributed by atoms with E-state index in [4.69, 9.17) is 9.47 Å². The van der Waals surface area contributed by atoms with Crippen LogP contribution in [-0.4, -0.2) is 33.5 Å². The lowest BCUT2D eigenvalue weighted by Crippen LogP contribution is -2.31. The van der Waals surface area contributed by atoms with Crippen molar-refractivity contribution in [2.24, 2.45) is 0 Å². The molecule has 5 nitrogen and oxygen atoms in total. The van der Waals surface area contributed by atoms with Gasteiger partial charge in [0.2, 0.25) is 10.0 Å². The Balaban J connectivity index is 2.03. The fourth-order valence-corrected chi connectivity index (χ4v) is 5.99. The van der Waals surface area contributed by atoms with Gasteiger partial charge in [0.1, 0.15) is 4.90 Å². The number of rotatable bonds is 5. The first kappa shape index (κ1) is 19.2. The van der Waals surface area contributed by atoms with Crippen LogP contribution in [0, 0.1) is 6.92 Å². The van der Waals surface area contributed by atoms with Gasteiger partial charge in [0.25, 0.3) is 0 Å². The Morgan fingerprint density at radius 1 is 1.08 bits per heavy atom. The van der Waals surface area contributed by atoms with E-state index in [1.165, 1.54) is 20.3 Å². The monoisotopic (exact) mass is 439 g/mol. The van der Waals surface area contributed by atoms with Crippen LogP contribution in [0.5, 0.6) is 11.5 Å². The lowest BCUT2D eigenvalue weighted by atomic mass is 10.0. The van der Waals surface area contributed by atoms with Crippen LogP contribution in [0.3, 0.4) is 0 Å². The molecule has 1 saturated heterocycles. The summed E-state index contributed by atoms with van der Waals surface area (Å²) in [6, 6.07) is 11.1. The number of ether oxygens (including phenoxy) is 2. The molecule has 0 saturated carbocycles. The number of aryl methyl sites for hydroxylation is 1. The highest BCUT2D eigenvalue weighted by Crippen LogP contribution is 2.41. The molecule has 7 heteroatoms. The van der Waals surface area contributed by atoms with Crippen LogP contribution in [0.4, 0.5) is 0 Å². The zero-order valence-electron chi connectivity index (χ0n) is 15.0. The molecule has 2 aromatic rings. The Kier molecular flexibility index (Phi) is 5.60. The van der Waals surface area contributed by atoms with Crippen molar-refractivity contribution in [1.29, 1.82) is 0 Å². The van der Waals surface area contributed by atoms with E-state index in [1.807, 2.05) is 31.2 Å². The Bertz CT molecular complexity index is 897. The zero-order valence-corrected chi connectivity index (χ0v) is 17.4. The first-order valence-electron chi connectivity index (χ1n) is 8.38. The molecule has 26 heavy (non-hydrogen) atoms. The summed E-state index contributed by atoms with van der Waals surface area (Å²) in [5, 5.41) is 0. The minimum atomic E-state index is -3.68. The van der Waals surface area contributed by atoms with E-state index < -0.39 is 10.0 Å². The van der Waals surface area contributed by atoms with Crippen LogP contribution >= 0.6 is 15.9 Å². The normalized spacial score (nSPS) is 18.1. The second kappa shape index (κ2) is 7.58. The van der Waals surface area contributed by atoms with Gasteiger partial charge in [0, 0.05) is 17.1 Å². The Morgan fingerprint density at radius 2 is 1.69 bits per heavy atom. The minimum Gasteiger partial charge on any atom is -0.493 e. The van der Waals surface area contributed by atoms with Gasteiger partial charge in [-0.2, -0.15) is 4.31 Å². The van der Waals surface area contributed by atoms with E-state index in [9.17, 15) is 8.42 Å². The van der Waals surface area contributed by atoms with Gasteiger partial charge >= 0.3 is 0 Å². The summed E-state index contributed by atoms with van der Waals surface area (Å²) < 4.78 is 39.3. The first-order chi connectivity index (χ1) is 12.4.